The third-order valence-corrected chi connectivity index (χ3v) is 11.5. The number of amides is 5. The van der Waals surface area contributed by atoms with Gasteiger partial charge in [0, 0.05) is 47.0 Å². The zero-order chi connectivity index (χ0) is 40.7. The molecule has 1 fully saturated rings. The highest BCUT2D eigenvalue weighted by Crippen LogP contribution is 2.25. The minimum Gasteiger partial charge on any atom is -0.445 e. The number of rotatable bonds is 23. The number of benzene rings is 1. The monoisotopic (exact) mass is 774 g/mol. The van der Waals surface area contributed by atoms with E-state index in [0.29, 0.717) is 25.8 Å². The molecule has 13 heteroatoms. The standard InChI is InChI=1S/C41H66N4O8S/c1-12-28(7)37(32(13-2)52-10)43(8)40(50)35(26(3)4)42-38(48)36(27(5)6)44(9)41(51)53-25-30-20-18-29(19-21-30)23-31(46)17-15-14-16-22-45-34(47)24-33(54-11)39(45)49/h18-21,26-28,32-33,35-37H,12-17,22-25H2,1-11H3,(H,42,48)/t28-,32+,33?,35-,36-,37-/m0/s1. The van der Waals surface area contributed by atoms with Crippen molar-refractivity contribution in [1.29, 1.82) is 0 Å². The fraction of sp³-hybridized carbons (Fsp3) is 0.707. The van der Waals surface area contributed by atoms with E-state index in [-0.39, 0.29) is 78.1 Å². The lowest BCUT2D eigenvalue weighted by atomic mass is 9.90. The molecule has 0 bridgehead atoms. The second kappa shape index (κ2) is 22.8. The minimum absolute atomic E-state index is 0.0173. The zero-order valence-electron chi connectivity index (χ0n) is 34.5. The molecule has 0 spiro atoms. The highest BCUT2D eigenvalue weighted by atomic mass is 32.2. The number of Topliss-reactive ketones (excluding diaryl/α,β-unsaturated/α-hetero) is 1. The molecule has 0 aliphatic carbocycles. The Hall–Kier alpha value is -3.45. The van der Waals surface area contributed by atoms with Crippen LogP contribution < -0.4 is 5.32 Å². The van der Waals surface area contributed by atoms with E-state index < -0.39 is 24.1 Å². The quantitative estimate of drug-likeness (QED) is 0.107. The molecule has 5 amide bonds. The van der Waals surface area contributed by atoms with Gasteiger partial charge in [-0.3, -0.25) is 33.8 Å². The number of ether oxygens (including phenoxy) is 2. The van der Waals surface area contributed by atoms with Crippen LogP contribution in [0.25, 0.3) is 0 Å². The lowest BCUT2D eigenvalue weighted by molar-refractivity contribution is -0.143. The smallest absolute Gasteiger partial charge is 0.410 e. The Bertz CT molecular complexity index is 1400. The maximum Gasteiger partial charge on any atom is 0.410 e. The topological polar surface area (TPSA) is 143 Å². The molecule has 1 saturated heterocycles. The first-order valence-electron chi connectivity index (χ1n) is 19.5. The highest BCUT2D eigenvalue weighted by Gasteiger charge is 2.39. The summed E-state index contributed by atoms with van der Waals surface area (Å²) in [6, 6.07) is 5.45. The van der Waals surface area contributed by atoms with Crippen molar-refractivity contribution in [2.75, 3.05) is 34.0 Å². The Morgan fingerprint density at radius 1 is 0.907 bits per heavy atom. The summed E-state index contributed by atoms with van der Waals surface area (Å²) in [5, 5.41) is 2.69. The number of likely N-dealkylation sites (tertiary alicyclic amines) is 1. The summed E-state index contributed by atoms with van der Waals surface area (Å²) in [5.41, 5.74) is 1.59. The van der Waals surface area contributed by atoms with Crippen molar-refractivity contribution in [2.24, 2.45) is 17.8 Å². The Morgan fingerprint density at radius 3 is 2.06 bits per heavy atom. The molecular weight excluding hydrogens is 709 g/mol. The Morgan fingerprint density at radius 2 is 1.54 bits per heavy atom. The van der Waals surface area contributed by atoms with E-state index in [4.69, 9.17) is 9.47 Å². The summed E-state index contributed by atoms with van der Waals surface area (Å²) in [6.07, 6.45) is 5.72. The molecule has 1 unspecified atom stereocenters. The van der Waals surface area contributed by atoms with Gasteiger partial charge in [-0.05, 0) is 54.4 Å². The van der Waals surface area contributed by atoms with Gasteiger partial charge in [-0.1, -0.05) is 85.6 Å². The number of unbranched alkanes of at least 4 members (excludes halogenated alkanes) is 2. The lowest BCUT2D eigenvalue weighted by Crippen LogP contribution is -2.60. The predicted molar refractivity (Wildman–Crippen MR) is 213 cm³/mol. The van der Waals surface area contributed by atoms with Gasteiger partial charge < -0.3 is 19.7 Å². The van der Waals surface area contributed by atoms with Crippen molar-refractivity contribution >= 4 is 47.3 Å². The number of ketones is 1. The number of hydrogen-bond acceptors (Lipinski definition) is 9. The molecule has 2 rings (SSSR count). The first kappa shape index (κ1) is 46.7. The van der Waals surface area contributed by atoms with Gasteiger partial charge in [0.2, 0.25) is 23.6 Å². The van der Waals surface area contributed by atoms with Crippen LogP contribution in [0.2, 0.25) is 0 Å². The van der Waals surface area contributed by atoms with Crippen LogP contribution in [0, 0.1) is 17.8 Å². The van der Waals surface area contributed by atoms with Gasteiger partial charge in [-0.2, -0.15) is 11.8 Å². The number of carbonyl (C=O) groups excluding carboxylic acids is 6. The molecule has 0 aromatic heterocycles. The number of nitrogens with zero attached hydrogens (tertiary/aromatic N) is 3. The summed E-state index contributed by atoms with van der Waals surface area (Å²) in [7, 11) is 4.95. The van der Waals surface area contributed by atoms with Gasteiger partial charge in [-0.25, -0.2) is 4.79 Å². The highest BCUT2D eigenvalue weighted by molar-refractivity contribution is 8.00. The van der Waals surface area contributed by atoms with E-state index >= 15 is 0 Å². The molecular formula is C41H66N4O8S. The average Bonchev–Trinajstić information content (AvgIpc) is 3.42. The average molecular weight is 775 g/mol. The van der Waals surface area contributed by atoms with Crippen LogP contribution in [-0.4, -0.2) is 114 Å². The summed E-state index contributed by atoms with van der Waals surface area (Å²) in [5.74, 6) is -1.04. The molecule has 6 atom stereocenters. The lowest BCUT2D eigenvalue weighted by Gasteiger charge is -2.40. The van der Waals surface area contributed by atoms with Gasteiger partial charge in [-0.15, -0.1) is 0 Å². The van der Waals surface area contributed by atoms with Crippen molar-refractivity contribution < 1.29 is 38.2 Å². The van der Waals surface area contributed by atoms with Crippen LogP contribution in [-0.2, 0) is 46.5 Å². The maximum absolute atomic E-state index is 13.9. The van der Waals surface area contributed by atoms with E-state index in [9.17, 15) is 28.8 Å². The second-order valence-electron chi connectivity index (χ2n) is 15.2. The fourth-order valence-electron chi connectivity index (χ4n) is 7.10. The second-order valence-corrected chi connectivity index (χ2v) is 16.3. The Labute approximate surface area is 327 Å². The third-order valence-electron chi connectivity index (χ3n) is 10.6. The molecule has 0 radical (unpaired) electrons. The molecule has 54 heavy (non-hydrogen) atoms. The number of likely N-dealkylation sites (N-methyl/N-ethyl adjacent to an activating group) is 2. The van der Waals surface area contributed by atoms with Crippen molar-refractivity contribution in [1.82, 2.24) is 20.0 Å². The van der Waals surface area contributed by atoms with Crippen LogP contribution in [0.15, 0.2) is 24.3 Å². The van der Waals surface area contributed by atoms with Crippen molar-refractivity contribution in [3.05, 3.63) is 35.4 Å². The molecule has 1 aliphatic rings. The number of nitrogens with one attached hydrogen (secondary N) is 1. The maximum atomic E-state index is 13.9. The number of methoxy groups -OCH3 is 1. The zero-order valence-corrected chi connectivity index (χ0v) is 35.3. The number of hydrogen-bond donors (Lipinski definition) is 1. The van der Waals surface area contributed by atoms with Crippen LogP contribution >= 0.6 is 11.8 Å². The summed E-state index contributed by atoms with van der Waals surface area (Å²) in [4.78, 5) is 82.2. The number of imide groups is 1. The van der Waals surface area contributed by atoms with Gasteiger partial charge in [0.05, 0.1) is 17.4 Å². The van der Waals surface area contributed by atoms with Gasteiger partial charge >= 0.3 is 6.09 Å². The first-order chi connectivity index (χ1) is 25.5. The molecule has 1 aromatic carbocycles. The van der Waals surface area contributed by atoms with Gasteiger partial charge in [0.15, 0.2) is 0 Å². The summed E-state index contributed by atoms with van der Waals surface area (Å²) >= 11 is 1.41. The fourth-order valence-corrected chi connectivity index (χ4v) is 7.74. The Kier molecular flexibility index (Phi) is 19.7. The van der Waals surface area contributed by atoms with Crippen LogP contribution in [0.3, 0.4) is 0 Å². The van der Waals surface area contributed by atoms with Crippen molar-refractivity contribution in [3.63, 3.8) is 0 Å². The number of thioether (sulfide) groups is 1. The Balaban J connectivity index is 1.92. The molecule has 0 saturated carbocycles. The van der Waals surface area contributed by atoms with Crippen molar-refractivity contribution in [2.45, 2.75) is 136 Å². The van der Waals surface area contributed by atoms with Crippen LogP contribution in [0.1, 0.15) is 105 Å². The third kappa shape index (κ3) is 13.1. The summed E-state index contributed by atoms with van der Waals surface area (Å²) in [6.45, 7) is 14.1. The molecule has 12 nitrogen and oxygen atoms in total. The van der Waals surface area contributed by atoms with Gasteiger partial charge in [0.25, 0.3) is 0 Å². The summed E-state index contributed by atoms with van der Waals surface area (Å²) < 4.78 is 11.3. The largest absolute Gasteiger partial charge is 0.445 e. The predicted octanol–water partition coefficient (Wildman–Crippen LogP) is 5.88. The SMILES string of the molecule is CC[C@H](C)[C@@H]([C@@H](CC)OC)N(C)C(=O)[C@@H](NC(=O)[C@H](C(C)C)N(C)C(=O)OCc1ccc(CC(=O)CCCCCN2C(=O)CC(SC)C2=O)cc1)C(C)C. The van der Waals surface area contributed by atoms with Crippen LogP contribution in [0.5, 0.6) is 0 Å². The molecule has 1 heterocycles. The van der Waals surface area contributed by atoms with Crippen molar-refractivity contribution in [3.8, 4) is 0 Å². The molecule has 1 aliphatic heterocycles. The van der Waals surface area contributed by atoms with E-state index in [1.807, 2.05) is 65.1 Å². The van der Waals surface area contributed by atoms with Gasteiger partial charge in [0.1, 0.15) is 24.5 Å². The van der Waals surface area contributed by atoms with E-state index in [2.05, 4.69) is 19.2 Å². The molecule has 1 aromatic rings. The first-order valence-corrected chi connectivity index (χ1v) is 20.8. The minimum atomic E-state index is -0.879. The van der Waals surface area contributed by atoms with Crippen LogP contribution in [0.4, 0.5) is 4.79 Å². The van der Waals surface area contributed by atoms with E-state index in [0.717, 1.165) is 30.4 Å². The van der Waals surface area contributed by atoms with E-state index in [1.54, 1.807) is 19.1 Å². The normalized spacial score (nSPS) is 17.3. The number of carbonyl (C=O) groups is 6. The molecule has 1 N–H and O–H groups in total. The van der Waals surface area contributed by atoms with E-state index in [1.165, 1.54) is 28.6 Å². The molecule has 304 valence electrons.